The van der Waals surface area contributed by atoms with Crippen molar-refractivity contribution in [2.24, 2.45) is 5.92 Å². The first-order chi connectivity index (χ1) is 12.9. The molecule has 0 bridgehead atoms. The highest BCUT2D eigenvalue weighted by Crippen LogP contribution is 2.51. The molecule has 3 atom stereocenters. The van der Waals surface area contributed by atoms with Crippen LogP contribution in [0.3, 0.4) is 0 Å². The van der Waals surface area contributed by atoms with Crippen LogP contribution in [0.1, 0.15) is 88.5 Å². The van der Waals surface area contributed by atoms with Crippen LogP contribution in [0.15, 0.2) is 12.3 Å². The zero-order valence-corrected chi connectivity index (χ0v) is 19.9. The molecule has 0 aromatic carbocycles. The smallest absolute Gasteiger partial charge is 0.373 e. The fraction of sp³-hybridized carbons (Fsp3) is 0.826. The summed E-state index contributed by atoms with van der Waals surface area (Å²) in [6, 6.07) is 0. The predicted octanol–water partition coefficient (Wildman–Crippen LogP) is 4.94. The minimum Gasteiger partial charge on any atom is -0.481 e. The second-order valence-corrected chi connectivity index (χ2v) is 10.6. The maximum Gasteiger partial charge on any atom is 0.373 e. The van der Waals surface area contributed by atoms with Gasteiger partial charge < -0.3 is 18.9 Å². The number of carbonyl (C=O) groups excluding carboxylic acids is 2. The van der Waals surface area contributed by atoms with Crippen molar-refractivity contribution >= 4 is 11.9 Å². The molecular weight excluding hydrogens is 372 g/mol. The van der Waals surface area contributed by atoms with Gasteiger partial charge in [0, 0.05) is 12.8 Å². The standard InChI is InChI=1S/C23H40O6/c1-12-23(14-17(23)19(25)28-21(7,8)9)29-18(24)16(3)27-22(10,11)13-15(2)26-20(4,5)6/h15,17H,3,12-14H2,1-2,4-11H3. The van der Waals surface area contributed by atoms with Gasteiger partial charge >= 0.3 is 11.9 Å². The Bertz CT molecular complexity index is 622. The lowest BCUT2D eigenvalue weighted by molar-refractivity contribution is -0.164. The Morgan fingerprint density at radius 1 is 1.03 bits per heavy atom. The molecule has 0 aromatic heterocycles. The van der Waals surface area contributed by atoms with E-state index in [1.807, 2.05) is 69.2 Å². The molecule has 1 saturated carbocycles. The molecule has 1 fully saturated rings. The van der Waals surface area contributed by atoms with Crippen LogP contribution >= 0.6 is 0 Å². The van der Waals surface area contributed by atoms with E-state index >= 15 is 0 Å². The van der Waals surface area contributed by atoms with Crippen molar-refractivity contribution < 1.29 is 28.5 Å². The molecule has 0 N–H and O–H groups in total. The molecule has 0 heterocycles. The van der Waals surface area contributed by atoms with Gasteiger partial charge in [0.2, 0.25) is 0 Å². The molecule has 0 aliphatic heterocycles. The Hall–Kier alpha value is -1.56. The van der Waals surface area contributed by atoms with E-state index in [2.05, 4.69) is 6.58 Å². The number of ether oxygens (including phenoxy) is 4. The van der Waals surface area contributed by atoms with Gasteiger partial charge in [-0.1, -0.05) is 6.92 Å². The first kappa shape index (κ1) is 25.5. The first-order valence-corrected chi connectivity index (χ1v) is 10.4. The van der Waals surface area contributed by atoms with Crippen LogP contribution in [0.5, 0.6) is 0 Å². The van der Waals surface area contributed by atoms with Crippen molar-refractivity contribution in [1.82, 2.24) is 0 Å². The van der Waals surface area contributed by atoms with Crippen molar-refractivity contribution in [3.8, 4) is 0 Å². The highest BCUT2D eigenvalue weighted by molar-refractivity contribution is 5.87. The topological polar surface area (TPSA) is 71.1 Å². The minimum absolute atomic E-state index is 0.0595. The molecule has 29 heavy (non-hydrogen) atoms. The summed E-state index contributed by atoms with van der Waals surface area (Å²) in [6.45, 7) is 22.8. The summed E-state index contributed by atoms with van der Waals surface area (Å²) >= 11 is 0. The Kier molecular flexibility index (Phi) is 7.61. The molecule has 3 unspecified atom stereocenters. The van der Waals surface area contributed by atoms with Gasteiger partial charge in [-0.25, -0.2) is 4.79 Å². The van der Waals surface area contributed by atoms with Crippen LogP contribution < -0.4 is 0 Å². The molecule has 1 aliphatic rings. The van der Waals surface area contributed by atoms with Crippen LogP contribution in [0, 0.1) is 5.92 Å². The summed E-state index contributed by atoms with van der Waals surface area (Å²) in [5.41, 5.74) is -2.33. The zero-order chi connectivity index (χ0) is 22.8. The van der Waals surface area contributed by atoms with Crippen molar-refractivity contribution in [1.29, 1.82) is 0 Å². The lowest BCUT2D eigenvalue weighted by Gasteiger charge is -2.33. The predicted molar refractivity (Wildman–Crippen MR) is 112 cm³/mol. The Balaban J connectivity index is 2.65. The molecule has 6 nitrogen and oxygen atoms in total. The lowest BCUT2D eigenvalue weighted by atomic mass is 10.0. The normalized spacial score (nSPS) is 23.2. The fourth-order valence-electron chi connectivity index (χ4n) is 3.53. The Morgan fingerprint density at radius 3 is 2.03 bits per heavy atom. The number of hydrogen-bond acceptors (Lipinski definition) is 6. The van der Waals surface area contributed by atoms with Crippen LogP contribution in [0.25, 0.3) is 0 Å². The highest BCUT2D eigenvalue weighted by atomic mass is 16.6. The number of rotatable bonds is 9. The van der Waals surface area contributed by atoms with E-state index in [1.165, 1.54) is 0 Å². The minimum atomic E-state index is -0.835. The molecule has 0 radical (unpaired) electrons. The largest absolute Gasteiger partial charge is 0.481 e. The van der Waals surface area contributed by atoms with Crippen molar-refractivity contribution in [3.63, 3.8) is 0 Å². The molecular formula is C23H40O6. The van der Waals surface area contributed by atoms with Gasteiger partial charge in [0.15, 0.2) is 5.76 Å². The van der Waals surface area contributed by atoms with E-state index < -0.39 is 28.7 Å². The fourth-order valence-corrected chi connectivity index (χ4v) is 3.53. The molecule has 0 amide bonds. The lowest BCUT2D eigenvalue weighted by Crippen LogP contribution is -2.35. The summed E-state index contributed by atoms with van der Waals surface area (Å²) in [4.78, 5) is 24.9. The molecule has 0 spiro atoms. The molecule has 168 valence electrons. The van der Waals surface area contributed by atoms with Crippen molar-refractivity contribution in [3.05, 3.63) is 12.3 Å². The quantitative estimate of drug-likeness (QED) is 0.303. The van der Waals surface area contributed by atoms with Crippen molar-refractivity contribution in [2.75, 3.05) is 0 Å². The highest BCUT2D eigenvalue weighted by Gasteiger charge is 2.62. The van der Waals surface area contributed by atoms with Gasteiger partial charge in [0.05, 0.1) is 11.7 Å². The van der Waals surface area contributed by atoms with Gasteiger partial charge in [-0.05, 0) is 75.3 Å². The molecule has 1 aliphatic carbocycles. The maximum atomic E-state index is 12.6. The molecule has 0 saturated heterocycles. The zero-order valence-electron chi connectivity index (χ0n) is 19.9. The Labute approximate surface area is 176 Å². The molecule has 0 aromatic rings. The van der Waals surface area contributed by atoms with E-state index in [-0.39, 0.29) is 23.4 Å². The van der Waals surface area contributed by atoms with E-state index in [4.69, 9.17) is 18.9 Å². The number of hydrogen-bond donors (Lipinski definition) is 0. The SMILES string of the molecule is C=C(OC(C)(C)CC(C)OC(C)(C)C)C(=O)OC1(CC)CC1C(=O)OC(C)(C)C. The number of carbonyl (C=O) groups is 2. The summed E-state index contributed by atoms with van der Waals surface area (Å²) < 4.78 is 22.8. The first-order valence-electron chi connectivity index (χ1n) is 10.4. The van der Waals surface area contributed by atoms with Gasteiger partial charge in [-0.15, -0.1) is 0 Å². The van der Waals surface area contributed by atoms with E-state index in [9.17, 15) is 9.59 Å². The van der Waals surface area contributed by atoms with Gasteiger partial charge in [0.1, 0.15) is 22.7 Å². The number of esters is 2. The second-order valence-electron chi connectivity index (χ2n) is 10.6. The maximum absolute atomic E-state index is 12.6. The third kappa shape index (κ3) is 8.37. The van der Waals surface area contributed by atoms with Crippen LogP contribution in [-0.4, -0.2) is 40.4 Å². The van der Waals surface area contributed by atoms with Gasteiger partial charge in [-0.2, -0.15) is 0 Å². The third-order valence-corrected chi connectivity index (χ3v) is 4.57. The Morgan fingerprint density at radius 2 is 1.59 bits per heavy atom. The van der Waals surface area contributed by atoms with Gasteiger partial charge in [-0.3, -0.25) is 4.79 Å². The average molecular weight is 413 g/mol. The van der Waals surface area contributed by atoms with Gasteiger partial charge in [0.25, 0.3) is 0 Å². The van der Waals surface area contributed by atoms with E-state index in [0.717, 1.165) is 0 Å². The molecule has 1 rings (SSSR count). The monoisotopic (exact) mass is 412 g/mol. The summed E-state index contributed by atoms with van der Waals surface area (Å²) in [7, 11) is 0. The summed E-state index contributed by atoms with van der Waals surface area (Å²) in [5, 5.41) is 0. The summed E-state index contributed by atoms with van der Waals surface area (Å²) in [6.07, 6.45) is 1.50. The van der Waals surface area contributed by atoms with E-state index in [0.29, 0.717) is 19.3 Å². The van der Waals surface area contributed by atoms with E-state index in [1.54, 1.807) is 0 Å². The average Bonchev–Trinajstić information content (AvgIpc) is 3.17. The summed E-state index contributed by atoms with van der Waals surface area (Å²) in [5.74, 6) is -1.50. The van der Waals surface area contributed by atoms with Crippen molar-refractivity contribution in [2.45, 2.75) is 117 Å². The molecule has 6 heteroatoms. The van der Waals surface area contributed by atoms with Crippen LogP contribution in [0.4, 0.5) is 0 Å². The third-order valence-electron chi connectivity index (χ3n) is 4.57. The van der Waals surface area contributed by atoms with Crippen LogP contribution in [0.2, 0.25) is 0 Å². The second kappa shape index (κ2) is 8.66. The van der Waals surface area contributed by atoms with Crippen LogP contribution in [-0.2, 0) is 28.5 Å².